The smallest absolute Gasteiger partial charge is 0.123 e. The third-order valence-corrected chi connectivity index (χ3v) is 4.78. The number of hydrogen-bond acceptors (Lipinski definition) is 2. The molecule has 2 rings (SSSR count). The van der Waals surface area contributed by atoms with Gasteiger partial charge < -0.3 is 10.5 Å². The monoisotopic (exact) mass is 275 g/mol. The van der Waals surface area contributed by atoms with Gasteiger partial charge in [-0.1, -0.05) is 53.7 Å². The quantitative estimate of drug-likeness (QED) is 0.903. The maximum Gasteiger partial charge on any atom is 0.123 e. The second-order valence-electron chi connectivity index (χ2n) is 7.70. The fourth-order valence-corrected chi connectivity index (χ4v) is 2.76. The lowest BCUT2D eigenvalue weighted by atomic mass is 9.65. The summed E-state index contributed by atoms with van der Waals surface area (Å²) in [6.07, 6.45) is 2.24. The zero-order valence-corrected chi connectivity index (χ0v) is 13.8. The summed E-state index contributed by atoms with van der Waals surface area (Å²) in [5, 5.41) is 0. The molecule has 0 heterocycles. The minimum atomic E-state index is 0.0680. The summed E-state index contributed by atoms with van der Waals surface area (Å²) in [4.78, 5) is 0. The molecule has 2 unspecified atom stereocenters. The van der Waals surface area contributed by atoms with Gasteiger partial charge in [0.05, 0.1) is 0 Å². The molecule has 2 nitrogen and oxygen atoms in total. The summed E-state index contributed by atoms with van der Waals surface area (Å²) in [5.41, 5.74) is 8.92. The van der Waals surface area contributed by atoms with Gasteiger partial charge in [-0.2, -0.15) is 0 Å². The van der Waals surface area contributed by atoms with Gasteiger partial charge in [0, 0.05) is 17.9 Å². The standard InChI is InChI=1S/C18H29NO/c1-7-12-8-9-14(13(10-12)17(2,3)4)20-16-11-15(19)18(16,5)6/h8-10,15-16H,7,11,19H2,1-6H3. The Morgan fingerprint density at radius 1 is 1.30 bits per heavy atom. The average molecular weight is 275 g/mol. The van der Waals surface area contributed by atoms with E-state index in [0.29, 0.717) is 0 Å². The van der Waals surface area contributed by atoms with E-state index in [9.17, 15) is 0 Å². The summed E-state index contributed by atoms with van der Waals surface area (Å²) in [6.45, 7) is 13.3. The van der Waals surface area contributed by atoms with Crippen LogP contribution < -0.4 is 10.5 Å². The van der Waals surface area contributed by atoms with E-state index in [-0.39, 0.29) is 23.0 Å². The Morgan fingerprint density at radius 3 is 2.40 bits per heavy atom. The Morgan fingerprint density at radius 2 is 1.95 bits per heavy atom. The minimum Gasteiger partial charge on any atom is -0.489 e. The van der Waals surface area contributed by atoms with Gasteiger partial charge in [0.1, 0.15) is 11.9 Å². The van der Waals surface area contributed by atoms with Crippen LogP contribution in [-0.4, -0.2) is 12.1 Å². The van der Waals surface area contributed by atoms with Crippen molar-refractivity contribution in [3.8, 4) is 5.75 Å². The normalized spacial score (nSPS) is 25.1. The molecule has 0 spiro atoms. The lowest BCUT2D eigenvalue weighted by Crippen LogP contribution is -2.60. The maximum absolute atomic E-state index is 6.31. The highest BCUT2D eigenvalue weighted by atomic mass is 16.5. The molecule has 1 fully saturated rings. The first-order valence-electron chi connectivity index (χ1n) is 7.72. The molecule has 0 radical (unpaired) electrons. The van der Waals surface area contributed by atoms with Gasteiger partial charge in [0.25, 0.3) is 0 Å². The Balaban J connectivity index is 2.28. The fourth-order valence-electron chi connectivity index (χ4n) is 2.76. The topological polar surface area (TPSA) is 35.2 Å². The molecule has 1 aliphatic rings. The highest BCUT2D eigenvalue weighted by molar-refractivity contribution is 5.42. The summed E-state index contributed by atoms with van der Waals surface area (Å²) < 4.78 is 6.31. The van der Waals surface area contributed by atoms with Crippen molar-refractivity contribution in [2.45, 2.75) is 71.9 Å². The van der Waals surface area contributed by atoms with Gasteiger partial charge in [0.2, 0.25) is 0 Å². The highest BCUT2D eigenvalue weighted by Gasteiger charge is 2.48. The summed E-state index contributed by atoms with van der Waals surface area (Å²) in [7, 11) is 0. The zero-order valence-electron chi connectivity index (χ0n) is 13.8. The van der Waals surface area contributed by atoms with Crippen LogP contribution >= 0.6 is 0 Å². The van der Waals surface area contributed by atoms with E-state index in [1.165, 1.54) is 11.1 Å². The molecule has 0 aliphatic heterocycles. The van der Waals surface area contributed by atoms with Crippen LogP contribution in [0.15, 0.2) is 18.2 Å². The molecule has 0 aromatic heterocycles. The SMILES string of the molecule is CCc1ccc(OC2CC(N)C2(C)C)c(C(C)(C)C)c1. The van der Waals surface area contributed by atoms with Gasteiger partial charge in [-0.05, 0) is 29.0 Å². The Bertz CT molecular complexity index is 485. The van der Waals surface area contributed by atoms with Crippen LogP contribution in [0.25, 0.3) is 0 Å². The lowest BCUT2D eigenvalue weighted by Gasteiger charge is -2.50. The second kappa shape index (κ2) is 5.07. The van der Waals surface area contributed by atoms with Crippen LogP contribution in [0, 0.1) is 5.41 Å². The van der Waals surface area contributed by atoms with Crippen LogP contribution in [0.3, 0.4) is 0 Å². The van der Waals surface area contributed by atoms with E-state index >= 15 is 0 Å². The Hall–Kier alpha value is -1.02. The molecule has 1 aliphatic carbocycles. The van der Waals surface area contributed by atoms with Gasteiger partial charge in [-0.15, -0.1) is 0 Å². The van der Waals surface area contributed by atoms with Crippen molar-refractivity contribution < 1.29 is 4.74 Å². The predicted molar refractivity (Wildman–Crippen MR) is 85.3 cm³/mol. The van der Waals surface area contributed by atoms with Crippen LogP contribution in [-0.2, 0) is 11.8 Å². The summed E-state index contributed by atoms with van der Waals surface area (Å²) in [5.74, 6) is 1.03. The first kappa shape index (κ1) is 15.4. The average Bonchev–Trinajstić information content (AvgIpc) is 2.37. The zero-order chi connectivity index (χ0) is 15.1. The van der Waals surface area contributed by atoms with E-state index < -0.39 is 0 Å². The van der Waals surface area contributed by atoms with Crippen molar-refractivity contribution in [1.82, 2.24) is 0 Å². The van der Waals surface area contributed by atoms with Crippen LogP contribution in [0.5, 0.6) is 5.75 Å². The summed E-state index contributed by atoms with van der Waals surface area (Å²) >= 11 is 0. The molecule has 0 saturated heterocycles. The molecule has 20 heavy (non-hydrogen) atoms. The molecular formula is C18H29NO. The summed E-state index contributed by atoms with van der Waals surface area (Å²) in [6, 6.07) is 6.86. The van der Waals surface area contributed by atoms with E-state index in [0.717, 1.165) is 18.6 Å². The van der Waals surface area contributed by atoms with Gasteiger partial charge in [0.15, 0.2) is 0 Å². The van der Waals surface area contributed by atoms with Crippen molar-refractivity contribution in [2.75, 3.05) is 0 Å². The first-order valence-corrected chi connectivity index (χ1v) is 7.72. The van der Waals surface area contributed by atoms with E-state index in [1.807, 2.05) is 0 Å². The number of ether oxygens (including phenoxy) is 1. The van der Waals surface area contributed by atoms with E-state index in [1.54, 1.807) is 0 Å². The molecule has 1 aromatic rings. The largest absolute Gasteiger partial charge is 0.489 e. The Kier molecular flexibility index (Phi) is 3.90. The van der Waals surface area contributed by atoms with Crippen LogP contribution in [0.1, 0.15) is 59.1 Å². The number of rotatable bonds is 3. The molecule has 0 bridgehead atoms. The number of hydrogen-bond donors (Lipinski definition) is 1. The van der Waals surface area contributed by atoms with Crippen molar-refractivity contribution >= 4 is 0 Å². The molecule has 2 atom stereocenters. The van der Waals surface area contributed by atoms with Gasteiger partial charge in [-0.3, -0.25) is 0 Å². The molecule has 0 amide bonds. The first-order chi connectivity index (χ1) is 9.16. The molecular weight excluding hydrogens is 246 g/mol. The predicted octanol–water partition coefficient (Wildman–Crippen LogP) is 4.05. The van der Waals surface area contributed by atoms with Crippen LogP contribution in [0.4, 0.5) is 0 Å². The number of aryl methyl sites for hydroxylation is 1. The molecule has 2 heteroatoms. The van der Waals surface area contributed by atoms with Crippen molar-refractivity contribution in [3.63, 3.8) is 0 Å². The number of nitrogens with two attached hydrogens (primary N) is 1. The molecule has 1 saturated carbocycles. The lowest BCUT2D eigenvalue weighted by molar-refractivity contribution is -0.0408. The third kappa shape index (κ3) is 2.71. The van der Waals surface area contributed by atoms with Crippen molar-refractivity contribution in [1.29, 1.82) is 0 Å². The molecule has 112 valence electrons. The fraction of sp³-hybridized carbons (Fsp3) is 0.667. The van der Waals surface area contributed by atoms with Crippen molar-refractivity contribution in [2.24, 2.45) is 11.1 Å². The Labute approximate surface area is 123 Å². The van der Waals surface area contributed by atoms with Crippen LogP contribution in [0.2, 0.25) is 0 Å². The maximum atomic E-state index is 6.31. The minimum absolute atomic E-state index is 0.0680. The van der Waals surface area contributed by atoms with Gasteiger partial charge >= 0.3 is 0 Å². The number of benzene rings is 1. The second-order valence-corrected chi connectivity index (χ2v) is 7.70. The third-order valence-electron chi connectivity index (χ3n) is 4.78. The van der Waals surface area contributed by atoms with Gasteiger partial charge in [-0.25, -0.2) is 0 Å². The molecule has 2 N–H and O–H groups in total. The van der Waals surface area contributed by atoms with E-state index in [4.69, 9.17) is 10.5 Å². The van der Waals surface area contributed by atoms with E-state index in [2.05, 4.69) is 59.7 Å². The molecule has 1 aromatic carbocycles. The highest BCUT2D eigenvalue weighted by Crippen LogP contribution is 2.43. The van der Waals surface area contributed by atoms with Crippen molar-refractivity contribution in [3.05, 3.63) is 29.3 Å².